The maximum atomic E-state index is 13.1. The monoisotopic (exact) mass is 491 g/mol. The maximum absolute atomic E-state index is 13.1. The maximum Gasteiger partial charge on any atom is 0.338 e. The molecule has 1 aliphatic heterocycles. The SMILES string of the molecule is CCN1C(C(C)C)=C(C(=O)O)C(c2ccccc2OCc2ccccc2)=C(C(=O)O)C1(CC)C(C)C. The van der Waals surface area contributed by atoms with Crippen LogP contribution in [0, 0.1) is 11.8 Å². The minimum atomic E-state index is -1.14. The summed E-state index contributed by atoms with van der Waals surface area (Å²) in [5.74, 6) is -2.03. The Morgan fingerprint density at radius 3 is 2.03 bits per heavy atom. The van der Waals surface area contributed by atoms with Crippen LogP contribution < -0.4 is 4.74 Å². The van der Waals surface area contributed by atoms with Gasteiger partial charge in [-0.15, -0.1) is 0 Å². The number of benzene rings is 2. The lowest BCUT2D eigenvalue weighted by atomic mass is 9.68. The minimum absolute atomic E-state index is 0.0322. The van der Waals surface area contributed by atoms with Crippen molar-refractivity contribution in [2.24, 2.45) is 11.8 Å². The van der Waals surface area contributed by atoms with Gasteiger partial charge in [0.1, 0.15) is 12.4 Å². The van der Waals surface area contributed by atoms with Crippen molar-refractivity contribution in [1.29, 1.82) is 0 Å². The number of carboxylic acids is 2. The highest BCUT2D eigenvalue weighted by atomic mass is 16.5. The van der Waals surface area contributed by atoms with E-state index >= 15 is 0 Å². The first kappa shape index (κ1) is 27.1. The van der Waals surface area contributed by atoms with Gasteiger partial charge in [-0.3, -0.25) is 0 Å². The predicted octanol–water partition coefficient (Wildman–Crippen LogP) is 6.24. The van der Waals surface area contributed by atoms with Gasteiger partial charge < -0.3 is 19.8 Å². The topological polar surface area (TPSA) is 87.1 Å². The molecule has 1 atom stereocenters. The number of likely N-dealkylation sites (N-methyl/N-ethyl adjacent to an activating group) is 1. The highest BCUT2D eigenvalue weighted by Gasteiger charge is 2.52. The molecule has 192 valence electrons. The summed E-state index contributed by atoms with van der Waals surface area (Å²) in [6.07, 6.45) is 0.514. The number of carboxylic acid groups (broad SMARTS) is 2. The molecule has 0 aromatic heterocycles. The fraction of sp³-hybridized carbons (Fsp3) is 0.400. The molecule has 0 saturated heterocycles. The lowest BCUT2D eigenvalue weighted by Crippen LogP contribution is -2.58. The Labute approximate surface area is 213 Å². The van der Waals surface area contributed by atoms with Crippen LogP contribution >= 0.6 is 0 Å². The number of carbonyl (C=O) groups is 2. The van der Waals surface area contributed by atoms with Crippen molar-refractivity contribution < 1.29 is 24.5 Å². The van der Waals surface area contributed by atoms with E-state index in [1.165, 1.54) is 0 Å². The first-order chi connectivity index (χ1) is 17.1. The van der Waals surface area contributed by atoms with Gasteiger partial charge in [0.2, 0.25) is 0 Å². The number of aliphatic carboxylic acids is 2. The summed E-state index contributed by atoms with van der Waals surface area (Å²) < 4.78 is 6.19. The van der Waals surface area contributed by atoms with E-state index in [2.05, 4.69) is 0 Å². The normalized spacial score (nSPS) is 18.3. The molecule has 1 aliphatic rings. The molecule has 2 aromatic rings. The molecule has 36 heavy (non-hydrogen) atoms. The number of nitrogens with zero attached hydrogens (tertiary/aromatic N) is 1. The van der Waals surface area contributed by atoms with E-state index in [0.29, 0.717) is 30.0 Å². The molecule has 3 rings (SSSR count). The summed E-state index contributed by atoms with van der Waals surface area (Å²) in [5.41, 5.74) is 1.59. The number of rotatable bonds is 10. The third-order valence-electron chi connectivity index (χ3n) is 7.14. The van der Waals surface area contributed by atoms with E-state index in [-0.39, 0.29) is 35.2 Å². The van der Waals surface area contributed by atoms with E-state index in [4.69, 9.17) is 4.74 Å². The van der Waals surface area contributed by atoms with E-state index in [1.807, 2.05) is 82.8 Å². The van der Waals surface area contributed by atoms with Crippen LogP contribution in [0.5, 0.6) is 5.75 Å². The standard InChI is InChI=1S/C30H37NO5/c1-7-30(20(5)6)26(29(34)35)24(25(28(32)33)27(19(3)4)31(30)8-2)22-16-12-13-17-23(22)36-18-21-14-10-9-11-15-21/h9-17,19-20H,7-8,18H2,1-6H3,(H,32,33)(H,34,35). The van der Waals surface area contributed by atoms with Gasteiger partial charge in [-0.25, -0.2) is 9.59 Å². The second kappa shape index (κ2) is 11.0. The van der Waals surface area contributed by atoms with Gasteiger partial charge in [-0.05, 0) is 36.8 Å². The second-order valence-electron chi connectivity index (χ2n) is 9.72. The van der Waals surface area contributed by atoms with E-state index in [0.717, 1.165) is 5.56 Å². The van der Waals surface area contributed by atoms with Gasteiger partial charge in [0, 0.05) is 23.4 Å². The summed E-state index contributed by atoms with van der Waals surface area (Å²) in [7, 11) is 0. The Morgan fingerprint density at radius 1 is 0.917 bits per heavy atom. The van der Waals surface area contributed by atoms with Crippen molar-refractivity contribution >= 4 is 17.5 Å². The lowest BCUT2D eigenvalue weighted by molar-refractivity contribution is -0.134. The molecule has 0 fully saturated rings. The van der Waals surface area contributed by atoms with Crippen molar-refractivity contribution in [3.63, 3.8) is 0 Å². The third kappa shape index (κ3) is 4.64. The first-order valence-corrected chi connectivity index (χ1v) is 12.6. The van der Waals surface area contributed by atoms with Crippen LogP contribution in [-0.4, -0.2) is 39.1 Å². The minimum Gasteiger partial charge on any atom is -0.488 e. The van der Waals surface area contributed by atoms with Gasteiger partial charge in [0.05, 0.1) is 16.7 Å². The van der Waals surface area contributed by atoms with E-state index in [9.17, 15) is 19.8 Å². The molecule has 2 N–H and O–H groups in total. The van der Waals surface area contributed by atoms with Crippen LogP contribution in [0.4, 0.5) is 0 Å². The van der Waals surface area contributed by atoms with Gasteiger partial charge in [-0.1, -0.05) is 83.1 Å². The molecular weight excluding hydrogens is 454 g/mol. The fourth-order valence-electron chi connectivity index (χ4n) is 5.70. The quantitative estimate of drug-likeness (QED) is 0.409. The van der Waals surface area contributed by atoms with Gasteiger partial charge in [0.15, 0.2) is 0 Å². The molecule has 0 spiro atoms. The molecule has 1 heterocycles. The van der Waals surface area contributed by atoms with Gasteiger partial charge in [-0.2, -0.15) is 0 Å². The van der Waals surface area contributed by atoms with Crippen molar-refractivity contribution in [2.75, 3.05) is 6.54 Å². The smallest absolute Gasteiger partial charge is 0.338 e. The Bertz CT molecular complexity index is 1180. The number of hydrogen-bond acceptors (Lipinski definition) is 4. The van der Waals surface area contributed by atoms with Crippen molar-refractivity contribution in [2.45, 2.75) is 60.1 Å². The zero-order valence-electron chi connectivity index (χ0n) is 22.0. The zero-order chi connectivity index (χ0) is 26.6. The molecule has 0 saturated carbocycles. The van der Waals surface area contributed by atoms with Gasteiger partial charge >= 0.3 is 11.9 Å². The molecule has 0 bridgehead atoms. The van der Waals surface area contributed by atoms with Crippen LogP contribution in [0.3, 0.4) is 0 Å². The molecular formula is C30H37NO5. The van der Waals surface area contributed by atoms with Crippen LogP contribution in [-0.2, 0) is 16.2 Å². The number of allylic oxidation sites excluding steroid dienone is 1. The number of hydrogen-bond donors (Lipinski definition) is 2. The van der Waals surface area contributed by atoms with Crippen molar-refractivity contribution in [3.8, 4) is 5.75 Å². The van der Waals surface area contributed by atoms with Gasteiger partial charge in [0.25, 0.3) is 0 Å². The van der Waals surface area contributed by atoms with Crippen molar-refractivity contribution in [1.82, 2.24) is 4.90 Å². The summed E-state index contributed by atoms with van der Waals surface area (Å²) in [4.78, 5) is 28.0. The lowest BCUT2D eigenvalue weighted by Gasteiger charge is -2.53. The zero-order valence-corrected chi connectivity index (χ0v) is 22.0. The van der Waals surface area contributed by atoms with Crippen LogP contribution in [0.25, 0.3) is 5.57 Å². The Morgan fingerprint density at radius 2 is 1.53 bits per heavy atom. The molecule has 1 unspecified atom stereocenters. The molecule has 6 nitrogen and oxygen atoms in total. The Hall–Kier alpha value is -3.54. The molecule has 6 heteroatoms. The molecule has 0 aliphatic carbocycles. The number of ether oxygens (including phenoxy) is 1. The summed E-state index contributed by atoms with van der Waals surface area (Å²) in [5, 5.41) is 21.2. The van der Waals surface area contributed by atoms with Crippen molar-refractivity contribution in [3.05, 3.63) is 82.6 Å². The van der Waals surface area contributed by atoms with E-state index < -0.39 is 17.5 Å². The highest BCUT2D eigenvalue weighted by molar-refractivity contribution is 6.15. The fourth-order valence-corrected chi connectivity index (χ4v) is 5.70. The van der Waals surface area contributed by atoms with Crippen LogP contribution in [0.2, 0.25) is 0 Å². The molecule has 0 radical (unpaired) electrons. The summed E-state index contributed by atoms with van der Waals surface area (Å²) >= 11 is 0. The average Bonchev–Trinajstić information content (AvgIpc) is 2.85. The van der Waals surface area contributed by atoms with Crippen LogP contribution in [0.15, 0.2) is 71.4 Å². The Kier molecular flexibility index (Phi) is 8.28. The summed E-state index contributed by atoms with van der Waals surface area (Å²) in [6.45, 7) is 12.6. The predicted molar refractivity (Wildman–Crippen MR) is 142 cm³/mol. The third-order valence-corrected chi connectivity index (χ3v) is 7.14. The molecule has 2 aromatic carbocycles. The second-order valence-corrected chi connectivity index (χ2v) is 9.72. The average molecular weight is 492 g/mol. The summed E-state index contributed by atoms with van der Waals surface area (Å²) in [6, 6.07) is 16.8. The number of para-hydroxylation sites is 1. The van der Waals surface area contributed by atoms with Crippen LogP contribution in [0.1, 0.15) is 59.1 Å². The highest BCUT2D eigenvalue weighted by Crippen LogP contribution is 2.51. The van der Waals surface area contributed by atoms with E-state index in [1.54, 1.807) is 18.2 Å². The Balaban J connectivity index is 2.41. The molecule has 0 amide bonds. The first-order valence-electron chi connectivity index (χ1n) is 12.6. The largest absolute Gasteiger partial charge is 0.488 e.